The molecule has 2 amide bonds. The van der Waals surface area contributed by atoms with Gasteiger partial charge >= 0.3 is 0 Å². The van der Waals surface area contributed by atoms with E-state index in [1.165, 1.54) is 7.05 Å². The molecule has 0 saturated carbocycles. The van der Waals surface area contributed by atoms with Gasteiger partial charge in [-0.25, -0.2) is 0 Å². The molecule has 92 valence electrons. The van der Waals surface area contributed by atoms with Crippen LogP contribution in [0.1, 0.15) is 36.5 Å². The molecule has 0 aliphatic heterocycles. The first-order valence-corrected chi connectivity index (χ1v) is 5.73. The number of benzene rings is 1. The van der Waals surface area contributed by atoms with Crippen molar-refractivity contribution in [1.82, 2.24) is 4.90 Å². The summed E-state index contributed by atoms with van der Waals surface area (Å²) < 4.78 is 0. The number of nitrogens with zero attached hydrogens (tertiary/aromatic N) is 1. The van der Waals surface area contributed by atoms with E-state index >= 15 is 0 Å². The smallest absolute Gasteiger partial charge is 0.262 e. The third-order valence-corrected chi connectivity index (χ3v) is 2.61. The molecule has 0 aliphatic rings. The Hall–Kier alpha value is -1.84. The fraction of sp³-hybridized carbons (Fsp3) is 0.385. The minimum atomic E-state index is -0.343. The van der Waals surface area contributed by atoms with E-state index in [2.05, 4.69) is 0 Å². The SMILES string of the molecule is CCCCC(=O)N(C)C(=O)c1ccccc1N. The summed E-state index contributed by atoms with van der Waals surface area (Å²) in [4.78, 5) is 24.8. The molecule has 0 bridgehead atoms. The van der Waals surface area contributed by atoms with Gasteiger partial charge in [0, 0.05) is 19.2 Å². The van der Waals surface area contributed by atoms with Crippen molar-refractivity contribution in [1.29, 1.82) is 0 Å². The highest BCUT2D eigenvalue weighted by molar-refractivity contribution is 6.07. The van der Waals surface area contributed by atoms with Gasteiger partial charge in [0.1, 0.15) is 0 Å². The number of anilines is 1. The molecule has 0 aromatic heterocycles. The van der Waals surface area contributed by atoms with Crippen LogP contribution in [0, 0.1) is 0 Å². The van der Waals surface area contributed by atoms with E-state index < -0.39 is 0 Å². The first-order valence-electron chi connectivity index (χ1n) is 5.73. The maximum atomic E-state index is 12.0. The highest BCUT2D eigenvalue weighted by Crippen LogP contribution is 2.13. The van der Waals surface area contributed by atoms with Crippen LogP contribution in [0.4, 0.5) is 5.69 Å². The summed E-state index contributed by atoms with van der Waals surface area (Å²) in [7, 11) is 1.49. The summed E-state index contributed by atoms with van der Waals surface area (Å²) in [5.74, 6) is -0.510. The fourth-order valence-electron chi connectivity index (χ4n) is 1.48. The van der Waals surface area contributed by atoms with Crippen molar-refractivity contribution in [2.75, 3.05) is 12.8 Å². The van der Waals surface area contributed by atoms with Gasteiger partial charge in [0.25, 0.3) is 5.91 Å². The van der Waals surface area contributed by atoms with Gasteiger partial charge in [0.15, 0.2) is 0 Å². The molecule has 1 rings (SSSR count). The first-order chi connectivity index (χ1) is 8.07. The van der Waals surface area contributed by atoms with Crippen molar-refractivity contribution in [3.05, 3.63) is 29.8 Å². The summed E-state index contributed by atoms with van der Waals surface area (Å²) in [5.41, 5.74) is 6.47. The normalized spacial score (nSPS) is 10.0. The number of hydrogen-bond donors (Lipinski definition) is 1. The second kappa shape index (κ2) is 6.03. The summed E-state index contributed by atoms with van der Waals surface area (Å²) in [6.07, 6.45) is 2.12. The van der Waals surface area contributed by atoms with Crippen molar-refractivity contribution >= 4 is 17.5 Å². The largest absolute Gasteiger partial charge is 0.398 e. The zero-order valence-corrected chi connectivity index (χ0v) is 10.3. The van der Waals surface area contributed by atoms with Gasteiger partial charge in [-0.2, -0.15) is 0 Å². The van der Waals surface area contributed by atoms with Gasteiger partial charge in [0.05, 0.1) is 5.56 Å². The van der Waals surface area contributed by atoms with E-state index in [-0.39, 0.29) is 11.8 Å². The lowest BCUT2D eigenvalue weighted by atomic mass is 10.1. The summed E-state index contributed by atoms with van der Waals surface area (Å²) in [6.45, 7) is 2.00. The van der Waals surface area contributed by atoms with Crippen molar-refractivity contribution in [3.8, 4) is 0 Å². The predicted octanol–water partition coefficient (Wildman–Crippen LogP) is 2.06. The Balaban J connectivity index is 2.77. The molecule has 0 fully saturated rings. The topological polar surface area (TPSA) is 63.4 Å². The third-order valence-electron chi connectivity index (χ3n) is 2.61. The van der Waals surface area contributed by atoms with Crippen LogP contribution in [-0.4, -0.2) is 23.8 Å². The van der Waals surface area contributed by atoms with Crippen LogP contribution < -0.4 is 5.73 Å². The zero-order valence-electron chi connectivity index (χ0n) is 10.3. The number of para-hydroxylation sites is 1. The number of carbonyl (C=O) groups excluding carboxylic acids is 2. The molecule has 0 radical (unpaired) electrons. The van der Waals surface area contributed by atoms with Gasteiger partial charge in [-0.1, -0.05) is 25.5 Å². The molecule has 1 aromatic carbocycles. The van der Waals surface area contributed by atoms with Gasteiger partial charge in [0.2, 0.25) is 5.91 Å². The third kappa shape index (κ3) is 3.31. The number of hydrogen-bond acceptors (Lipinski definition) is 3. The van der Waals surface area contributed by atoms with Gasteiger partial charge in [-0.05, 0) is 18.6 Å². The molecular weight excluding hydrogens is 216 g/mol. The van der Waals surface area contributed by atoms with Crippen LogP contribution in [0.3, 0.4) is 0 Å². The van der Waals surface area contributed by atoms with Crippen LogP contribution in [0.15, 0.2) is 24.3 Å². The Morgan fingerprint density at radius 3 is 2.53 bits per heavy atom. The Morgan fingerprint density at radius 1 is 1.29 bits per heavy atom. The predicted molar refractivity (Wildman–Crippen MR) is 67.5 cm³/mol. The van der Waals surface area contributed by atoms with Crippen molar-refractivity contribution < 1.29 is 9.59 Å². The lowest BCUT2D eigenvalue weighted by Gasteiger charge is -2.16. The van der Waals surface area contributed by atoms with E-state index in [1.807, 2.05) is 6.92 Å². The van der Waals surface area contributed by atoms with Crippen LogP contribution in [0.5, 0.6) is 0 Å². The van der Waals surface area contributed by atoms with Gasteiger partial charge in [-0.3, -0.25) is 14.5 Å². The number of imide groups is 1. The molecule has 1 aromatic rings. The number of nitrogens with two attached hydrogens (primary N) is 1. The zero-order chi connectivity index (χ0) is 12.8. The first kappa shape index (κ1) is 13.2. The van der Waals surface area contributed by atoms with E-state index in [9.17, 15) is 9.59 Å². The molecule has 0 aliphatic carbocycles. The molecule has 0 saturated heterocycles. The minimum absolute atomic E-state index is 0.167. The van der Waals surface area contributed by atoms with E-state index in [1.54, 1.807) is 24.3 Å². The maximum Gasteiger partial charge on any atom is 0.262 e. The number of unbranched alkanes of at least 4 members (excludes halogenated alkanes) is 1. The molecule has 0 spiro atoms. The van der Waals surface area contributed by atoms with E-state index in [0.717, 1.165) is 17.7 Å². The highest BCUT2D eigenvalue weighted by Gasteiger charge is 2.19. The van der Waals surface area contributed by atoms with Gasteiger partial charge in [-0.15, -0.1) is 0 Å². The molecule has 0 unspecified atom stereocenters. The molecule has 0 heterocycles. The monoisotopic (exact) mass is 234 g/mol. The second-order valence-corrected chi connectivity index (χ2v) is 3.95. The molecule has 2 N–H and O–H groups in total. The molecule has 17 heavy (non-hydrogen) atoms. The second-order valence-electron chi connectivity index (χ2n) is 3.95. The van der Waals surface area contributed by atoms with Crippen LogP contribution in [0.2, 0.25) is 0 Å². The maximum absolute atomic E-state index is 12.0. The number of carbonyl (C=O) groups is 2. The summed E-state index contributed by atoms with van der Waals surface area (Å²) in [5, 5.41) is 0. The molecular formula is C13H18N2O2. The van der Waals surface area contributed by atoms with E-state index in [0.29, 0.717) is 17.7 Å². The number of rotatable bonds is 4. The van der Waals surface area contributed by atoms with Crippen LogP contribution in [0.25, 0.3) is 0 Å². The van der Waals surface area contributed by atoms with Crippen LogP contribution in [-0.2, 0) is 4.79 Å². The molecule has 0 atom stereocenters. The van der Waals surface area contributed by atoms with Crippen molar-refractivity contribution in [2.45, 2.75) is 26.2 Å². The van der Waals surface area contributed by atoms with Gasteiger partial charge < -0.3 is 5.73 Å². The molecule has 4 nitrogen and oxygen atoms in total. The fourth-order valence-corrected chi connectivity index (χ4v) is 1.48. The summed E-state index contributed by atoms with van der Waals surface area (Å²) >= 11 is 0. The minimum Gasteiger partial charge on any atom is -0.398 e. The van der Waals surface area contributed by atoms with Crippen molar-refractivity contribution in [3.63, 3.8) is 0 Å². The Kier molecular flexibility index (Phi) is 4.69. The molecule has 4 heteroatoms. The van der Waals surface area contributed by atoms with E-state index in [4.69, 9.17) is 5.73 Å². The quantitative estimate of drug-likeness (QED) is 0.811. The number of amides is 2. The summed E-state index contributed by atoms with van der Waals surface area (Å²) in [6, 6.07) is 6.76. The lowest BCUT2D eigenvalue weighted by Crippen LogP contribution is -2.33. The average molecular weight is 234 g/mol. The Bertz CT molecular complexity index is 416. The van der Waals surface area contributed by atoms with Crippen molar-refractivity contribution in [2.24, 2.45) is 0 Å². The van der Waals surface area contributed by atoms with Crippen LogP contribution >= 0.6 is 0 Å². The highest BCUT2D eigenvalue weighted by atomic mass is 16.2. The standard InChI is InChI=1S/C13H18N2O2/c1-3-4-9-12(16)15(2)13(17)10-7-5-6-8-11(10)14/h5-8H,3-4,9,14H2,1-2H3. The average Bonchev–Trinajstić information content (AvgIpc) is 2.34. The lowest BCUT2D eigenvalue weighted by molar-refractivity contribution is -0.127. The Morgan fingerprint density at radius 2 is 1.94 bits per heavy atom. The number of nitrogen functional groups attached to an aromatic ring is 1. The Labute approximate surface area is 101 Å².